The van der Waals surface area contributed by atoms with E-state index in [0.29, 0.717) is 5.69 Å². The number of rotatable bonds is 2. The number of aromatic nitrogens is 2. The summed E-state index contributed by atoms with van der Waals surface area (Å²) in [4.78, 5) is 2.08. The van der Waals surface area contributed by atoms with Crippen LogP contribution in [-0.4, -0.2) is 36.4 Å². The number of H-pyrrole nitrogens is 1. The molecular formula is C13H14F2N4. The normalized spacial score (nSPS) is 15.8. The van der Waals surface area contributed by atoms with Crippen LogP contribution in [0, 0.1) is 11.6 Å². The average Bonchev–Trinajstić information content (AvgIpc) is 2.89. The van der Waals surface area contributed by atoms with Crippen molar-refractivity contribution in [1.29, 1.82) is 0 Å². The fourth-order valence-corrected chi connectivity index (χ4v) is 2.25. The first-order valence-corrected chi connectivity index (χ1v) is 6.21. The Morgan fingerprint density at radius 3 is 2.47 bits per heavy atom. The summed E-state index contributed by atoms with van der Waals surface area (Å²) in [6.45, 7) is 3.45. The van der Waals surface area contributed by atoms with E-state index in [0.717, 1.165) is 32.0 Å². The highest BCUT2D eigenvalue weighted by atomic mass is 19.1. The van der Waals surface area contributed by atoms with Crippen LogP contribution in [0.25, 0.3) is 11.3 Å². The largest absolute Gasteiger partial charge is 0.353 e. The monoisotopic (exact) mass is 264 g/mol. The van der Waals surface area contributed by atoms with Crippen LogP contribution in [0.5, 0.6) is 0 Å². The summed E-state index contributed by atoms with van der Waals surface area (Å²) < 4.78 is 27.4. The number of anilines is 1. The van der Waals surface area contributed by atoms with E-state index in [1.807, 2.05) is 0 Å². The third-order valence-corrected chi connectivity index (χ3v) is 3.24. The summed E-state index contributed by atoms with van der Waals surface area (Å²) >= 11 is 0. The molecule has 3 rings (SSSR count). The van der Waals surface area contributed by atoms with Crippen LogP contribution >= 0.6 is 0 Å². The lowest BCUT2D eigenvalue weighted by molar-refractivity contribution is 0.584. The first-order chi connectivity index (χ1) is 9.25. The Kier molecular flexibility index (Phi) is 3.16. The van der Waals surface area contributed by atoms with Gasteiger partial charge in [0.25, 0.3) is 0 Å². The lowest BCUT2D eigenvalue weighted by atomic mass is 10.1. The van der Waals surface area contributed by atoms with Gasteiger partial charge in [-0.15, -0.1) is 0 Å². The van der Waals surface area contributed by atoms with Gasteiger partial charge in [-0.3, -0.25) is 5.10 Å². The molecule has 0 aliphatic carbocycles. The minimum atomic E-state index is -0.587. The van der Waals surface area contributed by atoms with E-state index in [9.17, 15) is 8.78 Å². The molecule has 0 atom stereocenters. The molecule has 0 bridgehead atoms. The maximum Gasteiger partial charge on any atom is 0.151 e. The van der Waals surface area contributed by atoms with E-state index >= 15 is 0 Å². The lowest BCUT2D eigenvalue weighted by Crippen LogP contribution is -2.43. The van der Waals surface area contributed by atoms with Gasteiger partial charge in [-0.1, -0.05) is 6.07 Å². The zero-order valence-electron chi connectivity index (χ0n) is 10.3. The van der Waals surface area contributed by atoms with Crippen molar-refractivity contribution in [2.24, 2.45) is 0 Å². The first-order valence-electron chi connectivity index (χ1n) is 6.21. The van der Waals surface area contributed by atoms with Crippen LogP contribution in [-0.2, 0) is 0 Å². The Labute approximate surface area is 109 Å². The molecule has 1 fully saturated rings. The van der Waals surface area contributed by atoms with E-state index in [1.54, 1.807) is 6.07 Å². The number of nitrogens with zero attached hydrogens (tertiary/aromatic N) is 2. The van der Waals surface area contributed by atoms with E-state index in [-0.39, 0.29) is 5.56 Å². The van der Waals surface area contributed by atoms with Gasteiger partial charge in [0.15, 0.2) is 5.82 Å². The third kappa shape index (κ3) is 2.31. The molecule has 0 saturated carbocycles. The van der Waals surface area contributed by atoms with Crippen LogP contribution < -0.4 is 10.2 Å². The molecule has 1 saturated heterocycles. The molecule has 1 aliphatic heterocycles. The van der Waals surface area contributed by atoms with Crippen LogP contribution in [0.15, 0.2) is 24.3 Å². The van der Waals surface area contributed by atoms with E-state index in [1.165, 1.54) is 18.2 Å². The van der Waals surface area contributed by atoms with Gasteiger partial charge in [0.2, 0.25) is 0 Å². The minimum absolute atomic E-state index is 0.0589. The fourth-order valence-electron chi connectivity index (χ4n) is 2.25. The van der Waals surface area contributed by atoms with Crippen LogP contribution in [0.2, 0.25) is 0 Å². The average molecular weight is 264 g/mol. The Bertz CT molecular complexity index is 556. The number of piperazine rings is 1. The predicted molar refractivity (Wildman–Crippen MR) is 69.0 cm³/mol. The molecule has 2 aromatic rings. The fraction of sp³-hybridized carbons (Fsp3) is 0.308. The van der Waals surface area contributed by atoms with Crippen molar-refractivity contribution in [2.45, 2.75) is 0 Å². The molecule has 0 spiro atoms. The second-order valence-electron chi connectivity index (χ2n) is 4.47. The number of hydrogen-bond acceptors (Lipinski definition) is 3. The summed E-state index contributed by atoms with van der Waals surface area (Å²) in [5, 5.41) is 10.1. The summed E-state index contributed by atoms with van der Waals surface area (Å²) in [5.41, 5.74) is 0.306. The lowest BCUT2D eigenvalue weighted by Gasteiger charge is -2.26. The van der Waals surface area contributed by atoms with Crippen LogP contribution in [0.4, 0.5) is 14.6 Å². The smallest absolute Gasteiger partial charge is 0.151 e. The van der Waals surface area contributed by atoms with Crippen LogP contribution in [0.3, 0.4) is 0 Å². The van der Waals surface area contributed by atoms with Crippen molar-refractivity contribution in [3.05, 3.63) is 35.9 Å². The summed E-state index contributed by atoms with van der Waals surface area (Å²) in [6, 6.07) is 5.52. The molecule has 0 amide bonds. The number of benzene rings is 1. The molecule has 0 radical (unpaired) electrons. The molecule has 4 nitrogen and oxygen atoms in total. The maximum absolute atomic E-state index is 13.7. The molecule has 1 aliphatic rings. The standard InChI is InChI=1S/C13H14F2N4/c14-9-2-1-3-10(15)13(9)11-8-12(18-17-11)19-6-4-16-5-7-19/h1-3,8,16H,4-7H2,(H,17,18). The van der Waals surface area contributed by atoms with Crippen molar-refractivity contribution in [3.63, 3.8) is 0 Å². The number of hydrogen-bond donors (Lipinski definition) is 2. The van der Waals surface area contributed by atoms with Crippen molar-refractivity contribution in [3.8, 4) is 11.3 Å². The third-order valence-electron chi connectivity index (χ3n) is 3.24. The molecule has 6 heteroatoms. The van der Waals surface area contributed by atoms with Crippen molar-refractivity contribution in [2.75, 3.05) is 31.1 Å². The topological polar surface area (TPSA) is 44.0 Å². The van der Waals surface area contributed by atoms with Crippen molar-refractivity contribution < 1.29 is 8.78 Å². The number of aromatic amines is 1. The first kappa shape index (κ1) is 12.1. The molecule has 2 heterocycles. The molecular weight excluding hydrogens is 250 g/mol. The highest BCUT2D eigenvalue weighted by Gasteiger charge is 2.17. The highest BCUT2D eigenvalue weighted by molar-refractivity contribution is 5.64. The van der Waals surface area contributed by atoms with E-state index in [2.05, 4.69) is 20.4 Å². The quantitative estimate of drug-likeness (QED) is 0.868. The Morgan fingerprint density at radius 2 is 1.79 bits per heavy atom. The zero-order valence-corrected chi connectivity index (χ0v) is 10.3. The van der Waals surface area contributed by atoms with Gasteiger partial charge in [-0.2, -0.15) is 5.10 Å². The van der Waals surface area contributed by atoms with Gasteiger partial charge in [0.1, 0.15) is 11.6 Å². The maximum atomic E-state index is 13.7. The second-order valence-corrected chi connectivity index (χ2v) is 4.47. The van der Waals surface area contributed by atoms with Gasteiger partial charge in [-0.25, -0.2) is 8.78 Å². The minimum Gasteiger partial charge on any atom is -0.353 e. The molecule has 19 heavy (non-hydrogen) atoms. The SMILES string of the molecule is Fc1cccc(F)c1-c1cc(N2CCNCC2)n[nH]1. The van der Waals surface area contributed by atoms with Gasteiger partial charge in [0.05, 0.1) is 11.3 Å². The molecule has 2 N–H and O–H groups in total. The van der Waals surface area contributed by atoms with Crippen molar-refractivity contribution >= 4 is 5.82 Å². The van der Waals surface area contributed by atoms with Gasteiger partial charge < -0.3 is 10.2 Å². The zero-order chi connectivity index (χ0) is 13.2. The van der Waals surface area contributed by atoms with Gasteiger partial charge >= 0.3 is 0 Å². The summed E-state index contributed by atoms with van der Waals surface area (Å²) in [6.07, 6.45) is 0. The van der Waals surface area contributed by atoms with Crippen LogP contribution in [0.1, 0.15) is 0 Å². The summed E-state index contributed by atoms with van der Waals surface area (Å²) in [7, 11) is 0. The number of nitrogens with one attached hydrogen (secondary N) is 2. The Morgan fingerprint density at radius 1 is 1.11 bits per heavy atom. The Hall–Kier alpha value is -1.95. The van der Waals surface area contributed by atoms with Crippen molar-refractivity contribution in [1.82, 2.24) is 15.5 Å². The number of halogens is 2. The second kappa shape index (κ2) is 4.97. The predicted octanol–water partition coefficient (Wildman–Crippen LogP) is 1.76. The summed E-state index contributed by atoms with van der Waals surface area (Å²) in [5.74, 6) is -0.454. The Balaban J connectivity index is 1.92. The van der Waals surface area contributed by atoms with E-state index in [4.69, 9.17) is 0 Å². The molecule has 1 aromatic heterocycles. The van der Waals surface area contributed by atoms with Gasteiger partial charge in [-0.05, 0) is 12.1 Å². The highest BCUT2D eigenvalue weighted by Crippen LogP contribution is 2.27. The molecule has 100 valence electrons. The van der Waals surface area contributed by atoms with E-state index < -0.39 is 11.6 Å². The molecule has 1 aromatic carbocycles. The van der Waals surface area contributed by atoms with Gasteiger partial charge in [0, 0.05) is 32.2 Å². The molecule has 0 unspecified atom stereocenters.